The highest BCUT2D eigenvalue weighted by Crippen LogP contribution is 2.18. The Morgan fingerprint density at radius 1 is 1.03 bits per heavy atom. The molecule has 3 rings (SSSR count). The maximum atomic E-state index is 12.1. The van der Waals surface area contributed by atoms with Crippen LogP contribution in [0.1, 0.15) is 24.2 Å². The van der Waals surface area contributed by atoms with Crippen LogP contribution in [0.2, 0.25) is 0 Å². The van der Waals surface area contributed by atoms with Crippen molar-refractivity contribution in [1.29, 1.82) is 0 Å². The zero-order valence-electron chi connectivity index (χ0n) is 16.2. The van der Waals surface area contributed by atoms with E-state index in [1.807, 2.05) is 42.7 Å². The van der Waals surface area contributed by atoms with Gasteiger partial charge in [0.1, 0.15) is 6.33 Å². The molecule has 0 saturated carbocycles. The van der Waals surface area contributed by atoms with Gasteiger partial charge in [0.05, 0.1) is 23.1 Å². The van der Waals surface area contributed by atoms with Crippen LogP contribution < -0.4 is 10.6 Å². The van der Waals surface area contributed by atoms with Gasteiger partial charge in [-0.25, -0.2) is 9.78 Å². The van der Waals surface area contributed by atoms with Gasteiger partial charge in [-0.3, -0.25) is 14.2 Å². The number of hydrogen-bond donors (Lipinski definition) is 2. The third-order valence-electron chi connectivity index (χ3n) is 4.06. The largest absolute Gasteiger partial charge is 0.452 e. The van der Waals surface area contributed by atoms with Crippen molar-refractivity contribution < 1.29 is 19.1 Å². The smallest absolute Gasteiger partial charge is 0.338 e. The molecule has 0 aliphatic heterocycles. The maximum Gasteiger partial charge on any atom is 0.338 e. The number of rotatable bonds is 7. The molecule has 0 atom stereocenters. The molecule has 1 aromatic heterocycles. The quantitative estimate of drug-likeness (QED) is 0.595. The molecule has 0 saturated heterocycles. The third-order valence-corrected chi connectivity index (χ3v) is 4.06. The second-order valence-electron chi connectivity index (χ2n) is 6.73. The highest BCUT2D eigenvalue weighted by Gasteiger charge is 2.12. The fourth-order valence-corrected chi connectivity index (χ4v) is 2.74. The van der Waals surface area contributed by atoms with Crippen LogP contribution in [-0.2, 0) is 14.3 Å². The zero-order valence-corrected chi connectivity index (χ0v) is 16.2. The topological polar surface area (TPSA) is 102 Å². The van der Waals surface area contributed by atoms with Crippen molar-refractivity contribution in [3.05, 3.63) is 60.4 Å². The van der Waals surface area contributed by atoms with Crippen LogP contribution in [0.25, 0.3) is 16.7 Å². The first-order chi connectivity index (χ1) is 13.9. The summed E-state index contributed by atoms with van der Waals surface area (Å²) in [5, 5.41) is 5.05. The fourth-order valence-electron chi connectivity index (χ4n) is 2.74. The van der Waals surface area contributed by atoms with Crippen molar-refractivity contribution in [2.75, 3.05) is 13.2 Å². The molecule has 0 unspecified atom stereocenters. The third kappa shape index (κ3) is 5.19. The Balaban J connectivity index is 1.54. The summed E-state index contributed by atoms with van der Waals surface area (Å²) in [5.41, 5.74) is 3.01. The molecule has 0 fully saturated rings. The van der Waals surface area contributed by atoms with Crippen molar-refractivity contribution in [2.45, 2.75) is 19.9 Å². The number of nitrogens with zero attached hydrogens (tertiary/aromatic N) is 2. The van der Waals surface area contributed by atoms with E-state index in [0.717, 1.165) is 16.7 Å². The SMILES string of the molecule is CC(C)NC(=O)CNC(=O)COC(=O)c1ccc(-n2cnc3ccccc32)cc1. The minimum absolute atomic E-state index is 0.0134. The zero-order chi connectivity index (χ0) is 20.8. The van der Waals surface area contributed by atoms with Gasteiger partial charge in [-0.05, 0) is 50.2 Å². The standard InChI is InChI=1S/C21H22N4O4/c1-14(2)24-19(26)11-22-20(27)12-29-21(28)15-7-9-16(10-8-15)25-13-23-17-5-3-4-6-18(17)25/h3-10,13-14H,11-12H2,1-2H3,(H,22,27)(H,24,26). The van der Waals surface area contributed by atoms with Gasteiger partial charge in [0, 0.05) is 11.7 Å². The van der Waals surface area contributed by atoms with E-state index in [2.05, 4.69) is 15.6 Å². The number of para-hydroxylation sites is 2. The average Bonchev–Trinajstić information content (AvgIpc) is 3.14. The second kappa shape index (κ2) is 9.01. The van der Waals surface area contributed by atoms with Gasteiger partial charge in [-0.2, -0.15) is 0 Å². The van der Waals surface area contributed by atoms with Gasteiger partial charge in [0.15, 0.2) is 6.61 Å². The van der Waals surface area contributed by atoms with E-state index >= 15 is 0 Å². The van der Waals surface area contributed by atoms with E-state index in [1.54, 1.807) is 30.6 Å². The highest BCUT2D eigenvalue weighted by molar-refractivity contribution is 5.92. The summed E-state index contributed by atoms with van der Waals surface area (Å²) in [6.07, 6.45) is 1.72. The predicted molar refractivity (Wildman–Crippen MR) is 108 cm³/mol. The molecule has 2 aromatic carbocycles. The number of imidazole rings is 1. The number of esters is 1. The average molecular weight is 394 g/mol. The molecule has 0 bridgehead atoms. The van der Waals surface area contributed by atoms with Gasteiger partial charge in [0.25, 0.3) is 5.91 Å². The Labute approximate surface area is 167 Å². The summed E-state index contributed by atoms with van der Waals surface area (Å²) in [5.74, 6) is -1.46. The first-order valence-electron chi connectivity index (χ1n) is 9.20. The summed E-state index contributed by atoms with van der Waals surface area (Å²) in [6, 6.07) is 14.5. The van der Waals surface area contributed by atoms with E-state index < -0.39 is 18.5 Å². The lowest BCUT2D eigenvalue weighted by atomic mass is 10.2. The monoisotopic (exact) mass is 394 g/mol. The normalized spacial score (nSPS) is 10.7. The number of ether oxygens (including phenoxy) is 1. The Hall–Kier alpha value is -3.68. The first-order valence-corrected chi connectivity index (χ1v) is 9.20. The number of benzene rings is 2. The summed E-state index contributed by atoms with van der Waals surface area (Å²) >= 11 is 0. The number of hydrogen-bond acceptors (Lipinski definition) is 5. The van der Waals surface area contributed by atoms with Crippen LogP contribution in [-0.4, -0.2) is 46.5 Å². The lowest BCUT2D eigenvalue weighted by molar-refractivity contribution is -0.128. The van der Waals surface area contributed by atoms with Crippen molar-refractivity contribution in [3.8, 4) is 5.69 Å². The van der Waals surface area contributed by atoms with Crippen molar-refractivity contribution in [2.24, 2.45) is 0 Å². The van der Waals surface area contributed by atoms with Gasteiger partial charge < -0.3 is 15.4 Å². The maximum absolute atomic E-state index is 12.1. The predicted octanol–water partition coefficient (Wildman–Crippen LogP) is 1.82. The van der Waals surface area contributed by atoms with E-state index in [9.17, 15) is 14.4 Å². The minimum atomic E-state index is -0.617. The van der Waals surface area contributed by atoms with Crippen LogP contribution in [0.5, 0.6) is 0 Å². The number of aromatic nitrogens is 2. The van der Waals surface area contributed by atoms with Crippen LogP contribution in [0.4, 0.5) is 0 Å². The van der Waals surface area contributed by atoms with Crippen molar-refractivity contribution in [1.82, 2.24) is 20.2 Å². The lowest BCUT2D eigenvalue weighted by Crippen LogP contribution is -2.41. The van der Waals surface area contributed by atoms with Gasteiger partial charge in [-0.1, -0.05) is 12.1 Å². The van der Waals surface area contributed by atoms with Crippen molar-refractivity contribution in [3.63, 3.8) is 0 Å². The van der Waals surface area contributed by atoms with E-state index in [4.69, 9.17) is 4.74 Å². The molecule has 150 valence electrons. The van der Waals surface area contributed by atoms with Gasteiger partial charge in [-0.15, -0.1) is 0 Å². The minimum Gasteiger partial charge on any atom is -0.452 e. The molecule has 8 heteroatoms. The number of amides is 2. The fraction of sp³-hybridized carbons (Fsp3) is 0.238. The Bertz CT molecular complexity index is 1020. The number of nitrogens with one attached hydrogen (secondary N) is 2. The first kappa shape index (κ1) is 20.1. The Kier molecular flexibility index (Phi) is 6.23. The second-order valence-corrected chi connectivity index (χ2v) is 6.73. The molecule has 0 aliphatic carbocycles. The van der Waals surface area contributed by atoms with E-state index in [0.29, 0.717) is 5.56 Å². The molecule has 3 aromatic rings. The molecule has 2 N–H and O–H groups in total. The number of fused-ring (bicyclic) bond motifs is 1. The molecule has 0 spiro atoms. The van der Waals surface area contributed by atoms with Crippen molar-refractivity contribution >= 4 is 28.8 Å². The molecule has 0 radical (unpaired) electrons. The van der Waals surface area contributed by atoms with Crippen LogP contribution >= 0.6 is 0 Å². The molecule has 1 heterocycles. The number of carbonyl (C=O) groups is 3. The Morgan fingerprint density at radius 2 is 1.76 bits per heavy atom. The van der Waals surface area contributed by atoms with Gasteiger partial charge in [0.2, 0.25) is 5.91 Å². The Morgan fingerprint density at radius 3 is 2.48 bits per heavy atom. The van der Waals surface area contributed by atoms with Crippen LogP contribution in [0.15, 0.2) is 54.9 Å². The summed E-state index contributed by atoms with van der Waals surface area (Å²) in [7, 11) is 0. The molecule has 0 aliphatic rings. The number of carbonyl (C=O) groups excluding carboxylic acids is 3. The molecular formula is C21H22N4O4. The molecular weight excluding hydrogens is 372 g/mol. The summed E-state index contributed by atoms with van der Waals surface area (Å²) in [4.78, 5) is 39.7. The lowest BCUT2D eigenvalue weighted by Gasteiger charge is -2.10. The van der Waals surface area contributed by atoms with E-state index in [-0.39, 0.29) is 18.5 Å². The van der Waals surface area contributed by atoms with E-state index in [1.165, 1.54) is 0 Å². The molecule has 2 amide bonds. The highest BCUT2D eigenvalue weighted by atomic mass is 16.5. The summed E-state index contributed by atoms with van der Waals surface area (Å²) in [6.45, 7) is 3.02. The molecule has 29 heavy (non-hydrogen) atoms. The van der Waals surface area contributed by atoms with Gasteiger partial charge >= 0.3 is 5.97 Å². The van der Waals surface area contributed by atoms with Crippen LogP contribution in [0, 0.1) is 0 Å². The van der Waals surface area contributed by atoms with Crippen LogP contribution in [0.3, 0.4) is 0 Å². The molecule has 8 nitrogen and oxygen atoms in total. The summed E-state index contributed by atoms with van der Waals surface area (Å²) < 4.78 is 6.92.